The zero-order chi connectivity index (χ0) is 16.4. The molecule has 0 amide bonds. The van der Waals surface area contributed by atoms with Crippen molar-refractivity contribution in [3.05, 3.63) is 30.1 Å². The van der Waals surface area contributed by atoms with Gasteiger partial charge in [-0.05, 0) is 31.2 Å². The third-order valence-corrected chi connectivity index (χ3v) is 4.45. The van der Waals surface area contributed by atoms with Crippen LogP contribution in [0.5, 0.6) is 0 Å². The number of morpholine rings is 1. The van der Waals surface area contributed by atoms with Gasteiger partial charge < -0.3 is 15.0 Å². The number of hydrogen-bond donors (Lipinski definition) is 1. The van der Waals surface area contributed by atoms with Crippen LogP contribution >= 0.6 is 11.5 Å². The van der Waals surface area contributed by atoms with E-state index in [-0.39, 0.29) is 5.41 Å². The molecule has 124 valence electrons. The van der Waals surface area contributed by atoms with Crippen LogP contribution in [0.4, 0.5) is 16.5 Å². The zero-order valence-electron chi connectivity index (χ0n) is 14.2. The van der Waals surface area contributed by atoms with Gasteiger partial charge >= 0.3 is 0 Å². The van der Waals surface area contributed by atoms with Gasteiger partial charge in [-0.15, -0.1) is 0 Å². The van der Waals surface area contributed by atoms with Crippen LogP contribution in [-0.4, -0.2) is 35.2 Å². The highest BCUT2D eigenvalue weighted by atomic mass is 32.1. The molecule has 1 atom stereocenters. The molecular formula is C17H24N4OS. The summed E-state index contributed by atoms with van der Waals surface area (Å²) in [6, 6.07) is 8.47. The van der Waals surface area contributed by atoms with Crippen molar-refractivity contribution in [2.45, 2.75) is 39.2 Å². The topological polar surface area (TPSA) is 50.3 Å². The minimum atomic E-state index is -0.0205. The summed E-state index contributed by atoms with van der Waals surface area (Å²) in [5, 5.41) is 4.17. The van der Waals surface area contributed by atoms with E-state index in [1.54, 1.807) is 0 Å². The second-order valence-electron chi connectivity index (χ2n) is 6.97. The lowest BCUT2D eigenvalue weighted by molar-refractivity contribution is 0.0532. The smallest absolute Gasteiger partial charge is 0.207 e. The first-order chi connectivity index (χ1) is 10.9. The van der Waals surface area contributed by atoms with Gasteiger partial charge in [0.05, 0.1) is 12.7 Å². The molecule has 1 aliphatic rings. The second-order valence-corrected chi connectivity index (χ2v) is 7.72. The van der Waals surface area contributed by atoms with Crippen LogP contribution in [0.2, 0.25) is 0 Å². The summed E-state index contributed by atoms with van der Waals surface area (Å²) in [5.41, 5.74) is 2.25. The molecule has 0 radical (unpaired) electrons. The number of aromatic nitrogens is 2. The molecule has 1 N–H and O–H groups in total. The third kappa shape index (κ3) is 4.00. The van der Waals surface area contributed by atoms with Crippen LogP contribution in [0, 0.1) is 0 Å². The van der Waals surface area contributed by atoms with Gasteiger partial charge in [-0.2, -0.15) is 4.37 Å². The molecule has 1 saturated heterocycles. The van der Waals surface area contributed by atoms with Crippen LogP contribution in [0.15, 0.2) is 24.3 Å². The van der Waals surface area contributed by atoms with Crippen molar-refractivity contribution in [1.29, 1.82) is 0 Å². The molecule has 1 aromatic heterocycles. The lowest BCUT2D eigenvalue weighted by Crippen LogP contribution is -2.41. The minimum Gasteiger partial charge on any atom is -0.375 e. The van der Waals surface area contributed by atoms with Gasteiger partial charge in [0.2, 0.25) is 5.13 Å². The quantitative estimate of drug-likeness (QED) is 0.926. The molecule has 1 fully saturated rings. The number of nitrogens with zero attached hydrogens (tertiary/aromatic N) is 3. The van der Waals surface area contributed by atoms with E-state index in [0.717, 1.165) is 36.3 Å². The van der Waals surface area contributed by atoms with Crippen molar-refractivity contribution in [3.63, 3.8) is 0 Å². The number of nitrogens with one attached hydrogen (secondary N) is 1. The van der Waals surface area contributed by atoms with Gasteiger partial charge in [-0.3, -0.25) is 0 Å². The Labute approximate surface area is 141 Å². The van der Waals surface area contributed by atoms with Crippen molar-refractivity contribution in [2.24, 2.45) is 0 Å². The number of benzene rings is 1. The third-order valence-electron chi connectivity index (χ3n) is 3.82. The lowest BCUT2D eigenvalue weighted by atomic mass is 9.96. The normalized spacial score (nSPS) is 19.0. The molecule has 1 aromatic carbocycles. The molecule has 0 saturated carbocycles. The fraction of sp³-hybridized carbons (Fsp3) is 0.529. The molecule has 2 aromatic rings. The van der Waals surface area contributed by atoms with E-state index in [1.165, 1.54) is 17.2 Å². The van der Waals surface area contributed by atoms with Crippen LogP contribution in [-0.2, 0) is 10.2 Å². The van der Waals surface area contributed by atoms with Gasteiger partial charge in [0.1, 0.15) is 5.82 Å². The lowest BCUT2D eigenvalue weighted by Gasteiger charge is -2.33. The van der Waals surface area contributed by atoms with Gasteiger partial charge in [-0.1, -0.05) is 20.8 Å². The number of anilines is 3. The Hall–Kier alpha value is -1.66. The molecular weight excluding hydrogens is 308 g/mol. The summed E-state index contributed by atoms with van der Waals surface area (Å²) in [4.78, 5) is 6.93. The average Bonchev–Trinajstić information content (AvgIpc) is 2.97. The Bertz CT molecular complexity index is 647. The molecule has 23 heavy (non-hydrogen) atoms. The Kier molecular flexibility index (Phi) is 4.55. The van der Waals surface area contributed by atoms with E-state index in [2.05, 4.69) is 71.5 Å². The first-order valence-electron chi connectivity index (χ1n) is 7.99. The van der Waals surface area contributed by atoms with Crippen molar-refractivity contribution in [1.82, 2.24) is 9.36 Å². The Balaban J connectivity index is 1.66. The molecule has 1 aliphatic heterocycles. The molecule has 5 nitrogen and oxygen atoms in total. The number of ether oxygens (including phenoxy) is 1. The predicted octanol–water partition coefficient (Wildman–Crippen LogP) is 3.80. The monoisotopic (exact) mass is 332 g/mol. The van der Waals surface area contributed by atoms with E-state index < -0.39 is 0 Å². The summed E-state index contributed by atoms with van der Waals surface area (Å²) in [6.45, 7) is 11.2. The maximum Gasteiger partial charge on any atom is 0.207 e. The highest BCUT2D eigenvalue weighted by Gasteiger charge is 2.20. The predicted molar refractivity (Wildman–Crippen MR) is 96.0 cm³/mol. The van der Waals surface area contributed by atoms with Crippen LogP contribution in [0.1, 0.15) is 33.5 Å². The molecule has 2 heterocycles. The first kappa shape index (κ1) is 16.2. The SMILES string of the molecule is CC1CN(c2ccc(Nc3nc(C(C)(C)C)ns3)cc2)CCO1. The fourth-order valence-electron chi connectivity index (χ4n) is 2.51. The van der Waals surface area contributed by atoms with E-state index in [1.807, 2.05) is 0 Å². The minimum absolute atomic E-state index is 0.0205. The fourth-order valence-corrected chi connectivity index (χ4v) is 3.29. The largest absolute Gasteiger partial charge is 0.375 e. The summed E-state index contributed by atoms with van der Waals surface area (Å²) < 4.78 is 10.0. The standard InChI is InChI=1S/C17H24N4OS/c1-12-11-21(9-10-22-12)14-7-5-13(6-8-14)18-16-19-15(20-23-16)17(2,3)4/h5-8,12H,9-11H2,1-4H3,(H,18,19,20). The van der Waals surface area contributed by atoms with E-state index >= 15 is 0 Å². The zero-order valence-corrected chi connectivity index (χ0v) is 15.0. The Morgan fingerprint density at radius 2 is 2.00 bits per heavy atom. The Morgan fingerprint density at radius 1 is 1.26 bits per heavy atom. The summed E-state index contributed by atoms with van der Waals surface area (Å²) in [6.07, 6.45) is 0.291. The highest BCUT2D eigenvalue weighted by Crippen LogP contribution is 2.26. The summed E-state index contributed by atoms with van der Waals surface area (Å²) >= 11 is 1.40. The van der Waals surface area contributed by atoms with Crippen molar-refractivity contribution < 1.29 is 4.74 Å². The van der Waals surface area contributed by atoms with Crippen molar-refractivity contribution in [3.8, 4) is 0 Å². The molecule has 1 unspecified atom stereocenters. The number of hydrogen-bond acceptors (Lipinski definition) is 6. The van der Waals surface area contributed by atoms with E-state index in [4.69, 9.17) is 4.74 Å². The maximum atomic E-state index is 5.59. The van der Waals surface area contributed by atoms with Crippen LogP contribution in [0.3, 0.4) is 0 Å². The summed E-state index contributed by atoms with van der Waals surface area (Å²) in [7, 11) is 0. The van der Waals surface area contributed by atoms with Crippen molar-refractivity contribution >= 4 is 28.0 Å². The Morgan fingerprint density at radius 3 is 2.61 bits per heavy atom. The van der Waals surface area contributed by atoms with Gasteiger partial charge in [-0.25, -0.2) is 4.98 Å². The van der Waals surface area contributed by atoms with Crippen LogP contribution in [0.25, 0.3) is 0 Å². The van der Waals surface area contributed by atoms with Crippen LogP contribution < -0.4 is 10.2 Å². The molecule has 3 rings (SSSR count). The average molecular weight is 332 g/mol. The van der Waals surface area contributed by atoms with Gasteiger partial charge in [0.25, 0.3) is 0 Å². The van der Waals surface area contributed by atoms with Crippen molar-refractivity contribution in [2.75, 3.05) is 29.9 Å². The van der Waals surface area contributed by atoms with E-state index in [9.17, 15) is 0 Å². The molecule has 6 heteroatoms. The highest BCUT2D eigenvalue weighted by molar-refractivity contribution is 7.09. The molecule has 0 bridgehead atoms. The number of rotatable bonds is 3. The molecule has 0 spiro atoms. The molecule has 0 aliphatic carbocycles. The summed E-state index contributed by atoms with van der Waals surface area (Å²) in [5.74, 6) is 0.879. The first-order valence-corrected chi connectivity index (χ1v) is 8.77. The second kappa shape index (κ2) is 6.45. The van der Waals surface area contributed by atoms with Gasteiger partial charge in [0.15, 0.2) is 0 Å². The maximum absolute atomic E-state index is 5.59. The van der Waals surface area contributed by atoms with Gasteiger partial charge in [0, 0.05) is 41.4 Å². The van der Waals surface area contributed by atoms with E-state index in [0.29, 0.717) is 6.10 Å².